The van der Waals surface area contributed by atoms with Gasteiger partial charge >= 0.3 is 0 Å². The van der Waals surface area contributed by atoms with Crippen molar-refractivity contribution >= 4 is 23.1 Å². The van der Waals surface area contributed by atoms with E-state index in [1.807, 2.05) is 46.7 Å². The molecule has 2 amide bonds. The maximum absolute atomic E-state index is 12.9. The molecular weight excluding hydrogens is 464 g/mol. The number of fused-ring (bicyclic) bond motifs is 1. The summed E-state index contributed by atoms with van der Waals surface area (Å²) in [5, 5.41) is 2.89. The second-order valence-electron chi connectivity index (χ2n) is 9.27. The lowest BCUT2D eigenvalue weighted by Crippen LogP contribution is -2.29. The Kier molecular flexibility index (Phi) is 6.81. The summed E-state index contributed by atoms with van der Waals surface area (Å²) in [6, 6.07) is 11.1. The summed E-state index contributed by atoms with van der Waals surface area (Å²) in [6.07, 6.45) is 10.5. The van der Waals surface area contributed by atoms with Crippen LogP contribution in [-0.4, -0.2) is 42.6 Å². The van der Waals surface area contributed by atoms with Crippen molar-refractivity contribution in [1.82, 2.24) is 24.3 Å². The number of aryl methyl sites for hydroxylation is 2. The van der Waals surface area contributed by atoms with Gasteiger partial charge in [0.15, 0.2) is 0 Å². The minimum atomic E-state index is -0.217. The third-order valence-corrected chi connectivity index (χ3v) is 6.80. The van der Waals surface area contributed by atoms with Crippen LogP contribution in [0.5, 0.6) is 0 Å². The number of carbonyl (C=O) groups is 2. The molecule has 1 fully saturated rings. The van der Waals surface area contributed by atoms with Crippen molar-refractivity contribution in [3.63, 3.8) is 0 Å². The normalized spacial score (nSPS) is 15.2. The number of carbonyl (C=O) groups excluding carboxylic acids is 2. The standard InChI is InChI=1S/C29H30N6O2/c1-4-7-20-13-14-31-24(18-20)32-29(37)22-11-9-21(10-12-22)26-27-19(3)30-15-17-35(27)28(33-26)23-8-6-16-34(23)25(36)5-2/h5,9-15,17-18,23H,2,4,6-8,16H2,1,3H3,(H,31,32,37)/t23-/m0/s1. The first kappa shape index (κ1) is 24.4. The number of aromatic nitrogens is 4. The molecule has 0 unspecified atom stereocenters. The van der Waals surface area contributed by atoms with Gasteiger partial charge in [0, 0.05) is 36.3 Å². The van der Waals surface area contributed by atoms with Gasteiger partial charge in [-0.3, -0.25) is 19.0 Å². The van der Waals surface area contributed by atoms with Crippen molar-refractivity contribution in [2.75, 3.05) is 11.9 Å². The zero-order chi connectivity index (χ0) is 25.9. The zero-order valence-corrected chi connectivity index (χ0v) is 21.1. The molecular formula is C29H30N6O2. The SMILES string of the molecule is C=CC(=O)N1CCC[C@H]1c1nc(-c2ccc(C(=O)Nc3cc(CCC)ccn3)cc2)c2c(C)nccn12. The van der Waals surface area contributed by atoms with Gasteiger partial charge < -0.3 is 10.2 Å². The molecule has 5 rings (SSSR count). The molecule has 0 radical (unpaired) electrons. The third kappa shape index (κ3) is 4.74. The molecule has 1 atom stereocenters. The number of nitrogens with zero attached hydrogens (tertiary/aromatic N) is 5. The Morgan fingerprint density at radius 2 is 1.97 bits per heavy atom. The second-order valence-corrected chi connectivity index (χ2v) is 9.27. The molecule has 0 spiro atoms. The Labute approximate surface area is 216 Å². The highest BCUT2D eigenvalue weighted by molar-refractivity contribution is 6.04. The van der Waals surface area contributed by atoms with Crippen molar-refractivity contribution in [3.8, 4) is 11.3 Å². The van der Waals surface area contributed by atoms with E-state index in [2.05, 4.69) is 28.8 Å². The van der Waals surface area contributed by atoms with Crippen molar-refractivity contribution in [1.29, 1.82) is 0 Å². The van der Waals surface area contributed by atoms with Crippen LogP contribution in [0.15, 0.2) is 67.6 Å². The number of imidazole rings is 1. The molecule has 8 nitrogen and oxygen atoms in total. The average molecular weight is 495 g/mol. The minimum Gasteiger partial charge on any atom is -0.329 e. The first-order chi connectivity index (χ1) is 18.0. The van der Waals surface area contributed by atoms with E-state index in [9.17, 15) is 9.59 Å². The summed E-state index contributed by atoms with van der Waals surface area (Å²) in [6.45, 7) is 8.41. The summed E-state index contributed by atoms with van der Waals surface area (Å²) in [4.78, 5) is 41.0. The number of nitrogens with one attached hydrogen (secondary N) is 1. The van der Waals surface area contributed by atoms with Gasteiger partial charge in [0.2, 0.25) is 5.91 Å². The molecule has 37 heavy (non-hydrogen) atoms. The van der Waals surface area contributed by atoms with E-state index in [0.717, 1.165) is 59.5 Å². The number of pyridine rings is 1. The molecule has 0 bridgehead atoms. The van der Waals surface area contributed by atoms with Crippen molar-refractivity contribution in [3.05, 3.63) is 90.3 Å². The third-order valence-electron chi connectivity index (χ3n) is 6.80. The fourth-order valence-corrected chi connectivity index (χ4v) is 5.03. The van der Waals surface area contributed by atoms with Gasteiger partial charge in [0.1, 0.15) is 11.6 Å². The van der Waals surface area contributed by atoms with Crippen LogP contribution in [0.1, 0.15) is 59.7 Å². The van der Waals surface area contributed by atoms with Gasteiger partial charge in [0.05, 0.1) is 22.9 Å². The van der Waals surface area contributed by atoms with E-state index < -0.39 is 0 Å². The van der Waals surface area contributed by atoms with Gasteiger partial charge in [-0.25, -0.2) is 9.97 Å². The van der Waals surface area contributed by atoms with Gasteiger partial charge in [0.25, 0.3) is 5.91 Å². The highest BCUT2D eigenvalue weighted by Crippen LogP contribution is 2.36. The van der Waals surface area contributed by atoms with Crippen LogP contribution in [0.25, 0.3) is 16.8 Å². The molecule has 0 saturated carbocycles. The number of likely N-dealkylation sites (tertiary alicyclic amines) is 1. The number of anilines is 1. The van der Waals surface area contributed by atoms with Crippen LogP contribution >= 0.6 is 0 Å². The first-order valence-corrected chi connectivity index (χ1v) is 12.6. The number of hydrogen-bond acceptors (Lipinski definition) is 5. The first-order valence-electron chi connectivity index (χ1n) is 12.6. The summed E-state index contributed by atoms with van der Waals surface area (Å²) >= 11 is 0. The summed E-state index contributed by atoms with van der Waals surface area (Å²) in [7, 11) is 0. The lowest BCUT2D eigenvalue weighted by atomic mass is 10.1. The molecule has 1 aliphatic rings. The van der Waals surface area contributed by atoms with E-state index in [1.165, 1.54) is 6.08 Å². The van der Waals surface area contributed by atoms with Gasteiger partial charge in [-0.05, 0) is 62.1 Å². The maximum Gasteiger partial charge on any atom is 0.256 e. The van der Waals surface area contributed by atoms with E-state index in [4.69, 9.17) is 4.98 Å². The van der Waals surface area contributed by atoms with Crippen LogP contribution in [0.2, 0.25) is 0 Å². The Morgan fingerprint density at radius 3 is 2.73 bits per heavy atom. The molecule has 4 heterocycles. The lowest BCUT2D eigenvalue weighted by molar-refractivity contribution is -0.127. The van der Waals surface area contributed by atoms with E-state index >= 15 is 0 Å². The van der Waals surface area contributed by atoms with Crippen LogP contribution in [0.4, 0.5) is 5.82 Å². The van der Waals surface area contributed by atoms with Crippen LogP contribution in [-0.2, 0) is 11.2 Å². The Bertz CT molecular complexity index is 1470. The summed E-state index contributed by atoms with van der Waals surface area (Å²) in [5.41, 5.74) is 5.06. The molecule has 1 N–H and O–H groups in total. The topological polar surface area (TPSA) is 92.5 Å². The van der Waals surface area contributed by atoms with E-state index in [-0.39, 0.29) is 17.9 Å². The lowest BCUT2D eigenvalue weighted by Gasteiger charge is -2.22. The molecule has 188 valence electrons. The zero-order valence-electron chi connectivity index (χ0n) is 21.1. The Balaban J connectivity index is 1.45. The van der Waals surface area contributed by atoms with Gasteiger partial charge in [-0.1, -0.05) is 32.1 Å². The Hall–Kier alpha value is -4.33. The maximum atomic E-state index is 12.9. The van der Waals surface area contributed by atoms with Crippen molar-refractivity contribution < 1.29 is 9.59 Å². The monoisotopic (exact) mass is 494 g/mol. The smallest absolute Gasteiger partial charge is 0.256 e. The van der Waals surface area contributed by atoms with Crippen LogP contribution in [0, 0.1) is 6.92 Å². The quantitative estimate of drug-likeness (QED) is 0.359. The molecule has 1 saturated heterocycles. The molecule has 8 heteroatoms. The number of rotatable bonds is 7. The average Bonchev–Trinajstić information content (AvgIpc) is 3.54. The summed E-state index contributed by atoms with van der Waals surface area (Å²) < 4.78 is 2.03. The molecule has 1 aromatic carbocycles. The highest BCUT2D eigenvalue weighted by atomic mass is 16.2. The second kappa shape index (κ2) is 10.3. The number of hydrogen-bond donors (Lipinski definition) is 1. The number of amides is 2. The molecule has 1 aliphatic heterocycles. The van der Waals surface area contributed by atoms with Crippen molar-refractivity contribution in [2.45, 2.75) is 45.6 Å². The Morgan fingerprint density at radius 1 is 1.16 bits per heavy atom. The van der Waals surface area contributed by atoms with Crippen LogP contribution < -0.4 is 5.32 Å². The van der Waals surface area contributed by atoms with Crippen molar-refractivity contribution in [2.24, 2.45) is 0 Å². The summed E-state index contributed by atoms with van der Waals surface area (Å²) in [5.74, 6) is 1.05. The predicted octanol–water partition coefficient (Wildman–Crippen LogP) is 5.15. The van der Waals surface area contributed by atoms with Gasteiger partial charge in [-0.2, -0.15) is 0 Å². The van der Waals surface area contributed by atoms with Gasteiger partial charge in [-0.15, -0.1) is 0 Å². The van der Waals surface area contributed by atoms with E-state index in [0.29, 0.717) is 17.9 Å². The predicted molar refractivity (Wildman–Crippen MR) is 143 cm³/mol. The number of benzene rings is 1. The molecule has 0 aliphatic carbocycles. The molecule has 3 aromatic heterocycles. The highest BCUT2D eigenvalue weighted by Gasteiger charge is 2.33. The largest absolute Gasteiger partial charge is 0.329 e. The molecule has 4 aromatic rings. The fraction of sp³-hybridized carbons (Fsp3) is 0.276. The minimum absolute atomic E-state index is 0.0864. The fourth-order valence-electron chi connectivity index (χ4n) is 5.03. The van der Waals surface area contributed by atoms with Crippen LogP contribution in [0.3, 0.4) is 0 Å². The van der Waals surface area contributed by atoms with E-state index in [1.54, 1.807) is 24.5 Å².